The molecular weight excluding hydrogens is 310 g/mol. The molecule has 118 valence electrons. The zero-order valence-electron chi connectivity index (χ0n) is 13.0. The predicted octanol–water partition coefficient (Wildman–Crippen LogP) is 4.01. The molecule has 1 aromatic carbocycles. The largest absolute Gasteiger partial charge is 0.496 e. The summed E-state index contributed by atoms with van der Waals surface area (Å²) >= 11 is 1.69. The van der Waals surface area contributed by atoms with Crippen molar-refractivity contribution in [2.45, 2.75) is 13.3 Å². The van der Waals surface area contributed by atoms with Gasteiger partial charge in [0.25, 0.3) is 5.91 Å². The molecule has 0 aliphatic carbocycles. The molecule has 0 unspecified atom stereocenters. The second-order valence-corrected chi connectivity index (χ2v) is 6.43. The van der Waals surface area contributed by atoms with E-state index in [0.717, 1.165) is 27.3 Å². The number of rotatable bonds is 5. The van der Waals surface area contributed by atoms with Crippen molar-refractivity contribution in [2.24, 2.45) is 5.73 Å². The van der Waals surface area contributed by atoms with Crippen LogP contribution in [0.3, 0.4) is 0 Å². The van der Waals surface area contributed by atoms with Crippen molar-refractivity contribution in [3.8, 4) is 16.2 Å². The van der Waals surface area contributed by atoms with Crippen LogP contribution < -0.4 is 10.5 Å². The van der Waals surface area contributed by atoms with E-state index in [0.29, 0.717) is 6.42 Å². The van der Waals surface area contributed by atoms with Crippen molar-refractivity contribution in [3.05, 3.63) is 64.4 Å². The molecule has 0 aliphatic rings. The lowest BCUT2D eigenvalue weighted by Gasteiger charge is -2.06. The number of furan rings is 1. The lowest BCUT2D eigenvalue weighted by atomic mass is 10.1. The Morgan fingerprint density at radius 1 is 1.26 bits per heavy atom. The summed E-state index contributed by atoms with van der Waals surface area (Å²) in [5, 5.41) is 0. The van der Waals surface area contributed by atoms with E-state index in [1.54, 1.807) is 24.5 Å². The third-order valence-corrected chi connectivity index (χ3v) is 4.81. The van der Waals surface area contributed by atoms with Crippen LogP contribution >= 0.6 is 11.3 Å². The minimum atomic E-state index is -0.535. The van der Waals surface area contributed by atoms with Gasteiger partial charge in [-0.15, -0.1) is 11.3 Å². The Hall–Kier alpha value is -2.53. The first-order valence-electron chi connectivity index (χ1n) is 7.18. The van der Waals surface area contributed by atoms with Gasteiger partial charge in [0.1, 0.15) is 5.75 Å². The van der Waals surface area contributed by atoms with E-state index < -0.39 is 5.91 Å². The van der Waals surface area contributed by atoms with Crippen LogP contribution in [0.1, 0.15) is 26.6 Å². The maximum atomic E-state index is 11.3. The summed E-state index contributed by atoms with van der Waals surface area (Å²) in [7, 11) is 1.67. The van der Waals surface area contributed by atoms with E-state index in [1.807, 2.05) is 19.1 Å². The van der Waals surface area contributed by atoms with Crippen molar-refractivity contribution in [3.63, 3.8) is 0 Å². The zero-order valence-corrected chi connectivity index (χ0v) is 13.8. The van der Waals surface area contributed by atoms with E-state index in [2.05, 4.69) is 18.2 Å². The first kappa shape index (κ1) is 15.4. The Labute approximate surface area is 138 Å². The monoisotopic (exact) mass is 327 g/mol. The Balaban J connectivity index is 1.84. The first-order chi connectivity index (χ1) is 11.1. The highest BCUT2D eigenvalue weighted by atomic mass is 32.1. The lowest BCUT2D eigenvalue weighted by Crippen LogP contribution is -2.11. The number of methoxy groups -OCH3 is 1. The van der Waals surface area contributed by atoms with Crippen LogP contribution in [0, 0.1) is 6.92 Å². The highest BCUT2D eigenvalue weighted by molar-refractivity contribution is 7.15. The van der Waals surface area contributed by atoms with E-state index in [-0.39, 0.29) is 5.76 Å². The SMILES string of the molecule is COc1ccc(-c2ccc(Cc3ccoc3C(N)=O)s2)cc1C. The van der Waals surface area contributed by atoms with Crippen molar-refractivity contribution < 1.29 is 13.9 Å². The molecule has 4 nitrogen and oxygen atoms in total. The molecule has 23 heavy (non-hydrogen) atoms. The van der Waals surface area contributed by atoms with Gasteiger partial charge in [-0.05, 0) is 54.4 Å². The van der Waals surface area contributed by atoms with E-state index in [1.165, 1.54) is 11.1 Å². The Bertz CT molecular complexity index is 848. The summed E-state index contributed by atoms with van der Waals surface area (Å²) in [4.78, 5) is 13.6. The number of ether oxygens (including phenoxy) is 1. The highest BCUT2D eigenvalue weighted by Gasteiger charge is 2.14. The van der Waals surface area contributed by atoms with Crippen LogP contribution in [0.4, 0.5) is 0 Å². The molecule has 2 heterocycles. The Morgan fingerprint density at radius 3 is 2.78 bits per heavy atom. The van der Waals surface area contributed by atoms with Crippen molar-refractivity contribution in [1.82, 2.24) is 0 Å². The highest BCUT2D eigenvalue weighted by Crippen LogP contribution is 2.32. The number of primary amides is 1. The van der Waals surface area contributed by atoms with Crippen LogP contribution in [0.2, 0.25) is 0 Å². The molecule has 0 saturated carbocycles. The van der Waals surface area contributed by atoms with Gasteiger partial charge in [-0.3, -0.25) is 4.79 Å². The second kappa shape index (κ2) is 6.30. The molecular formula is C18H17NO3S. The number of carbonyl (C=O) groups is 1. The molecule has 0 fully saturated rings. The summed E-state index contributed by atoms with van der Waals surface area (Å²) in [6.45, 7) is 2.03. The number of hydrogen-bond donors (Lipinski definition) is 1. The molecule has 3 rings (SSSR count). The first-order valence-corrected chi connectivity index (χ1v) is 8.00. The summed E-state index contributed by atoms with van der Waals surface area (Å²) in [6, 6.07) is 12.1. The maximum absolute atomic E-state index is 11.3. The molecule has 3 aromatic rings. The summed E-state index contributed by atoms with van der Waals surface area (Å²) in [5.74, 6) is 0.586. The maximum Gasteiger partial charge on any atom is 0.284 e. The fourth-order valence-corrected chi connectivity index (χ4v) is 3.57. The van der Waals surface area contributed by atoms with Gasteiger partial charge in [0, 0.05) is 21.7 Å². The van der Waals surface area contributed by atoms with Crippen molar-refractivity contribution in [2.75, 3.05) is 7.11 Å². The quantitative estimate of drug-likeness (QED) is 0.770. The minimum Gasteiger partial charge on any atom is -0.496 e. The molecule has 0 atom stereocenters. The Kier molecular flexibility index (Phi) is 4.21. The summed E-state index contributed by atoms with van der Waals surface area (Å²) in [5.41, 5.74) is 8.39. The van der Waals surface area contributed by atoms with Gasteiger partial charge < -0.3 is 14.9 Å². The average molecular weight is 327 g/mol. The molecule has 0 aliphatic heterocycles. The minimum absolute atomic E-state index is 0.236. The normalized spacial score (nSPS) is 10.7. The molecule has 5 heteroatoms. The smallest absolute Gasteiger partial charge is 0.284 e. The van der Waals surface area contributed by atoms with Gasteiger partial charge in [0.05, 0.1) is 13.4 Å². The standard InChI is InChI=1S/C18H17NO3S/c1-11-9-12(3-5-15(11)21-2)16-6-4-14(23-16)10-13-7-8-22-17(13)18(19)20/h3-9H,10H2,1-2H3,(H2,19,20). The third-order valence-electron chi connectivity index (χ3n) is 3.68. The molecule has 2 aromatic heterocycles. The van der Waals surface area contributed by atoms with Gasteiger partial charge in [0.15, 0.2) is 5.76 Å². The second-order valence-electron chi connectivity index (χ2n) is 5.27. The van der Waals surface area contributed by atoms with Gasteiger partial charge in [-0.2, -0.15) is 0 Å². The van der Waals surface area contributed by atoms with Gasteiger partial charge >= 0.3 is 0 Å². The van der Waals surface area contributed by atoms with Crippen LogP contribution in [0.25, 0.3) is 10.4 Å². The fourth-order valence-electron chi connectivity index (χ4n) is 2.54. The number of hydrogen-bond acceptors (Lipinski definition) is 4. The van der Waals surface area contributed by atoms with Gasteiger partial charge in [0.2, 0.25) is 0 Å². The van der Waals surface area contributed by atoms with Crippen LogP contribution in [0.15, 0.2) is 47.1 Å². The number of benzene rings is 1. The van der Waals surface area contributed by atoms with Crippen LogP contribution in [-0.2, 0) is 6.42 Å². The third kappa shape index (κ3) is 3.14. The molecule has 0 bridgehead atoms. The number of aryl methyl sites for hydroxylation is 1. The molecule has 0 radical (unpaired) electrons. The van der Waals surface area contributed by atoms with Gasteiger partial charge in [-0.1, -0.05) is 0 Å². The average Bonchev–Trinajstić information content (AvgIpc) is 3.17. The molecule has 0 spiro atoms. The fraction of sp³-hybridized carbons (Fsp3) is 0.167. The van der Waals surface area contributed by atoms with Crippen molar-refractivity contribution in [1.29, 1.82) is 0 Å². The van der Waals surface area contributed by atoms with E-state index in [9.17, 15) is 4.79 Å². The molecule has 0 saturated heterocycles. The summed E-state index contributed by atoms with van der Waals surface area (Å²) in [6.07, 6.45) is 2.13. The topological polar surface area (TPSA) is 65.5 Å². The van der Waals surface area contributed by atoms with Crippen molar-refractivity contribution >= 4 is 17.2 Å². The predicted molar refractivity (Wildman–Crippen MR) is 91.1 cm³/mol. The van der Waals surface area contributed by atoms with Crippen LogP contribution in [0.5, 0.6) is 5.75 Å². The summed E-state index contributed by atoms with van der Waals surface area (Å²) < 4.78 is 10.4. The van der Waals surface area contributed by atoms with E-state index in [4.69, 9.17) is 14.9 Å². The number of thiophene rings is 1. The van der Waals surface area contributed by atoms with Gasteiger partial charge in [-0.25, -0.2) is 0 Å². The molecule has 1 amide bonds. The zero-order chi connectivity index (χ0) is 16.4. The molecule has 2 N–H and O–H groups in total. The number of carbonyl (C=O) groups excluding carboxylic acids is 1. The van der Waals surface area contributed by atoms with Crippen LogP contribution in [-0.4, -0.2) is 13.0 Å². The Morgan fingerprint density at radius 2 is 2.09 bits per heavy atom. The van der Waals surface area contributed by atoms with E-state index >= 15 is 0 Å². The number of amides is 1. The lowest BCUT2D eigenvalue weighted by molar-refractivity contribution is 0.0973. The number of nitrogens with two attached hydrogens (primary N) is 1.